The fourth-order valence-electron chi connectivity index (χ4n) is 3.25. The van der Waals surface area contributed by atoms with Gasteiger partial charge in [0.15, 0.2) is 0 Å². The van der Waals surface area contributed by atoms with Crippen molar-refractivity contribution < 1.29 is 18.1 Å². The van der Waals surface area contributed by atoms with Crippen LogP contribution in [0.4, 0.5) is 5.82 Å². The number of piperidine rings is 1. The molecule has 0 unspecified atom stereocenters. The summed E-state index contributed by atoms with van der Waals surface area (Å²) >= 11 is 0. The Morgan fingerprint density at radius 3 is 2.50 bits per heavy atom. The Hall–Kier alpha value is -2.12. The second-order valence-electron chi connectivity index (χ2n) is 6.51. The topological polar surface area (TPSA) is 72.8 Å². The molecule has 1 saturated heterocycles. The molecule has 0 saturated carbocycles. The van der Waals surface area contributed by atoms with E-state index in [2.05, 4.69) is 10.3 Å². The van der Waals surface area contributed by atoms with Gasteiger partial charge in [-0.3, -0.25) is 5.32 Å². The fraction of sp³-hybridized carbons (Fsp3) is 0.421. The van der Waals surface area contributed by atoms with Gasteiger partial charge >= 0.3 is 0 Å². The average Bonchev–Trinajstić information content (AvgIpc) is 2.69. The zero-order valence-corrected chi connectivity index (χ0v) is 16.1. The van der Waals surface area contributed by atoms with Crippen LogP contribution >= 0.6 is 0 Å². The quantitative estimate of drug-likeness (QED) is 0.841. The lowest BCUT2D eigenvalue weighted by molar-refractivity contribution is -0.364. The zero-order valence-electron chi connectivity index (χ0n) is 15.2. The van der Waals surface area contributed by atoms with Crippen molar-refractivity contribution in [1.82, 2.24) is 4.31 Å². The summed E-state index contributed by atoms with van der Waals surface area (Å²) < 4.78 is 32.4. The third kappa shape index (κ3) is 3.99. The van der Waals surface area contributed by atoms with E-state index in [0.717, 1.165) is 36.4 Å². The Bertz CT molecular complexity index is 831. The number of aromatic nitrogens is 1. The average molecular weight is 377 g/mol. The van der Waals surface area contributed by atoms with Crippen LogP contribution in [-0.4, -0.2) is 32.9 Å². The monoisotopic (exact) mass is 376 g/mol. The van der Waals surface area contributed by atoms with Gasteiger partial charge < -0.3 is 4.74 Å². The lowest BCUT2D eigenvalue weighted by Crippen LogP contribution is -2.36. The van der Waals surface area contributed by atoms with Crippen LogP contribution in [0.25, 0.3) is 0 Å². The maximum absolute atomic E-state index is 12.7. The van der Waals surface area contributed by atoms with Gasteiger partial charge in [-0.15, -0.1) is 0 Å². The van der Waals surface area contributed by atoms with Crippen LogP contribution in [0.3, 0.4) is 0 Å². The molecule has 7 heteroatoms. The van der Waals surface area contributed by atoms with Crippen molar-refractivity contribution >= 4 is 15.8 Å². The Morgan fingerprint density at radius 1 is 1.12 bits per heavy atom. The smallest absolute Gasteiger partial charge is 0.272 e. The Labute approximate surface area is 155 Å². The minimum Gasteiger partial charge on any atom is -0.496 e. The molecular formula is C19H26N3O3S+. The molecule has 140 valence electrons. The first-order valence-electron chi connectivity index (χ1n) is 8.93. The van der Waals surface area contributed by atoms with E-state index in [1.54, 1.807) is 29.7 Å². The highest BCUT2D eigenvalue weighted by Gasteiger charge is 2.27. The van der Waals surface area contributed by atoms with Crippen LogP contribution in [0, 0.1) is 0 Å². The van der Waals surface area contributed by atoms with E-state index >= 15 is 0 Å². The van der Waals surface area contributed by atoms with Crippen molar-refractivity contribution in [1.29, 1.82) is 0 Å². The molecule has 1 atom stereocenters. The van der Waals surface area contributed by atoms with E-state index in [4.69, 9.17) is 4.74 Å². The predicted molar refractivity (Wildman–Crippen MR) is 101 cm³/mol. The summed E-state index contributed by atoms with van der Waals surface area (Å²) in [5, 5.41) is 3.35. The van der Waals surface area contributed by atoms with E-state index in [1.165, 1.54) is 0 Å². The van der Waals surface area contributed by atoms with E-state index < -0.39 is 10.0 Å². The number of H-pyrrole nitrogens is 1. The van der Waals surface area contributed by atoms with Gasteiger partial charge in [0.25, 0.3) is 5.82 Å². The molecular weight excluding hydrogens is 350 g/mol. The van der Waals surface area contributed by atoms with Gasteiger partial charge in [0.1, 0.15) is 22.9 Å². The normalized spacial score (nSPS) is 16.8. The van der Waals surface area contributed by atoms with Crippen LogP contribution in [0.5, 0.6) is 5.75 Å². The number of benzene rings is 1. The van der Waals surface area contributed by atoms with E-state index in [0.29, 0.717) is 18.0 Å². The van der Waals surface area contributed by atoms with Gasteiger partial charge in [-0.1, -0.05) is 24.6 Å². The highest BCUT2D eigenvalue weighted by atomic mass is 32.2. The van der Waals surface area contributed by atoms with E-state index in [9.17, 15) is 8.42 Å². The van der Waals surface area contributed by atoms with Gasteiger partial charge in [0, 0.05) is 24.7 Å². The van der Waals surface area contributed by atoms with Gasteiger partial charge in [-0.25, -0.2) is 13.4 Å². The van der Waals surface area contributed by atoms with Crippen LogP contribution in [0.1, 0.15) is 37.8 Å². The minimum absolute atomic E-state index is 0.00644. The van der Waals surface area contributed by atoms with Crippen molar-refractivity contribution in [2.45, 2.75) is 37.1 Å². The molecule has 2 N–H and O–H groups in total. The summed E-state index contributed by atoms with van der Waals surface area (Å²) in [4.78, 5) is 3.36. The number of aromatic amines is 1. The van der Waals surface area contributed by atoms with Crippen molar-refractivity contribution in [3.8, 4) is 5.75 Å². The van der Waals surface area contributed by atoms with Crippen LogP contribution in [0.15, 0.2) is 47.5 Å². The maximum Gasteiger partial charge on any atom is 0.272 e. The molecule has 0 radical (unpaired) electrons. The summed E-state index contributed by atoms with van der Waals surface area (Å²) in [7, 11) is -1.77. The van der Waals surface area contributed by atoms with Crippen molar-refractivity contribution in [2.75, 3.05) is 25.5 Å². The van der Waals surface area contributed by atoms with Crippen molar-refractivity contribution in [3.05, 3.63) is 48.2 Å². The first-order chi connectivity index (χ1) is 12.5. The van der Waals surface area contributed by atoms with Crippen LogP contribution in [0.2, 0.25) is 0 Å². The molecule has 1 aromatic carbocycles. The zero-order chi connectivity index (χ0) is 18.6. The van der Waals surface area contributed by atoms with Gasteiger partial charge in [-0.2, -0.15) is 4.31 Å². The fourth-order valence-corrected chi connectivity index (χ4v) is 4.74. The molecule has 6 nitrogen and oxygen atoms in total. The Kier molecular flexibility index (Phi) is 5.78. The summed E-state index contributed by atoms with van der Waals surface area (Å²) in [5.41, 5.74) is 1.04. The molecule has 1 aliphatic heterocycles. The maximum atomic E-state index is 12.7. The number of rotatable bonds is 6. The van der Waals surface area contributed by atoms with E-state index in [1.807, 2.05) is 31.2 Å². The molecule has 0 aliphatic carbocycles. The predicted octanol–water partition coefficient (Wildman–Crippen LogP) is 2.86. The highest BCUT2D eigenvalue weighted by molar-refractivity contribution is 7.89. The molecule has 1 fully saturated rings. The molecule has 1 aromatic heterocycles. The third-order valence-corrected chi connectivity index (χ3v) is 6.61. The largest absolute Gasteiger partial charge is 0.496 e. The molecule has 2 aromatic rings. The molecule has 1 aliphatic rings. The van der Waals surface area contributed by atoms with Crippen LogP contribution in [-0.2, 0) is 10.0 Å². The van der Waals surface area contributed by atoms with Crippen LogP contribution < -0.4 is 15.0 Å². The number of anilines is 1. The number of nitrogens with one attached hydrogen (secondary N) is 2. The number of hydrogen-bond acceptors (Lipinski definition) is 4. The number of para-hydroxylation sites is 1. The molecule has 0 bridgehead atoms. The Morgan fingerprint density at radius 2 is 1.85 bits per heavy atom. The molecule has 2 heterocycles. The van der Waals surface area contributed by atoms with Gasteiger partial charge in [-0.05, 0) is 31.9 Å². The summed E-state index contributed by atoms with van der Waals surface area (Å²) in [6.07, 6.45) is 4.51. The van der Waals surface area contributed by atoms with Gasteiger partial charge in [0.2, 0.25) is 10.0 Å². The minimum atomic E-state index is -3.42. The number of nitrogens with zero attached hydrogens (tertiary/aromatic N) is 1. The second kappa shape index (κ2) is 8.05. The molecule has 0 amide bonds. The highest BCUT2D eigenvalue weighted by Crippen LogP contribution is 2.26. The Balaban J connectivity index is 1.73. The summed E-state index contributed by atoms with van der Waals surface area (Å²) in [6.45, 7) is 3.24. The molecule has 3 rings (SSSR count). The third-order valence-electron chi connectivity index (χ3n) is 4.71. The number of methoxy groups -OCH3 is 1. The second-order valence-corrected chi connectivity index (χ2v) is 8.45. The number of ether oxygens (including phenoxy) is 1. The molecule has 26 heavy (non-hydrogen) atoms. The molecule has 0 spiro atoms. The van der Waals surface area contributed by atoms with Gasteiger partial charge in [0.05, 0.1) is 7.11 Å². The van der Waals surface area contributed by atoms with Crippen molar-refractivity contribution in [3.63, 3.8) is 0 Å². The lowest BCUT2D eigenvalue weighted by Gasteiger charge is -2.25. The lowest BCUT2D eigenvalue weighted by atomic mass is 10.1. The van der Waals surface area contributed by atoms with Crippen molar-refractivity contribution in [2.24, 2.45) is 0 Å². The standard InChI is InChI=1S/C19H25N3O3S/c1-15(17-8-4-5-9-18(17)25-2)21-19-11-10-16(14-20-19)26(23,24)22-12-6-3-7-13-22/h4-5,8-11,14-15H,3,6-7,12-13H2,1-2H3,(H,20,21)/p+1/t15-/m0/s1. The first-order valence-corrected chi connectivity index (χ1v) is 10.4. The van der Waals surface area contributed by atoms with E-state index in [-0.39, 0.29) is 6.04 Å². The number of sulfonamides is 1. The number of hydrogen-bond donors (Lipinski definition) is 1. The SMILES string of the molecule is COc1ccccc1[C@H](C)Nc1ccc(S(=O)(=O)N2CCCCC2)c[nH+]1. The number of pyridine rings is 1. The summed E-state index contributed by atoms with van der Waals surface area (Å²) in [5.74, 6) is 1.57. The summed E-state index contributed by atoms with van der Waals surface area (Å²) in [6, 6.07) is 11.2. The first kappa shape index (κ1) is 18.7.